The van der Waals surface area contributed by atoms with Gasteiger partial charge in [0.05, 0.1) is 11.2 Å². The maximum atomic E-state index is 5.04. The lowest BCUT2D eigenvalue weighted by atomic mass is 10.1. The van der Waals surface area contributed by atoms with Gasteiger partial charge in [0.2, 0.25) is 0 Å². The molecule has 4 aromatic rings. The van der Waals surface area contributed by atoms with Crippen LogP contribution in [0.25, 0.3) is 16.8 Å². The van der Waals surface area contributed by atoms with Crippen LogP contribution in [-0.4, -0.2) is 22.5 Å². The van der Waals surface area contributed by atoms with Gasteiger partial charge < -0.3 is 9.72 Å². The number of pyridine rings is 1. The highest BCUT2D eigenvalue weighted by atomic mass is 15.0. The van der Waals surface area contributed by atoms with Gasteiger partial charge in [0.25, 0.3) is 0 Å². The molecule has 0 radical (unpaired) electrons. The molecular weight excluding hydrogens is 366 g/mol. The van der Waals surface area contributed by atoms with Crippen LogP contribution < -0.4 is 5.32 Å². The Labute approximate surface area is 178 Å². The molecule has 0 atom stereocenters. The summed E-state index contributed by atoms with van der Waals surface area (Å²) in [5.74, 6) is 1.89. The molecule has 0 fully saturated rings. The number of nitrogens with zero attached hydrogens (tertiary/aromatic N) is 2. The van der Waals surface area contributed by atoms with Crippen molar-refractivity contribution in [2.45, 2.75) is 32.6 Å². The van der Waals surface area contributed by atoms with Crippen molar-refractivity contribution < 1.29 is 0 Å². The first kappa shape index (κ1) is 19.1. The number of fused-ring (bicyclic) bond motifs is 2. The Hall–Kier alpha value is -2.91. The molecule has 2 heterocycles. The van der Waals surface area contributed by atoms with Crippen LogP contribution in [-0.2, 0) is 19.3 Å². The van der Waals surface area contributed by atoms with Gasteiger partial charge in [0.1, 0.15) is 5.82 Å². The van der Waals surface area contributed by atoms with Crippen molar-refractivity contribution in [3.63, 3.8) is 0 Å². The van der Waals surface area contributed by atoms with Crippen LogP contribution in [0.2, 0.25) is 0 Å². The molecule has 0 bridgehead atoms. The molecule has 30 heavy (non-hydrogen) atoms. The van der Waals surface area contributed by atoms with Crippen molar-refractivity contribution >= 4 is 5.52 Å². The molecule has 5 rings (SSSR count). The molecule has 0 saturated heterocycles. The smallest absolute Gasteiger partial charge is 0.114 e. The molecule has 1 aliphatic carbocycles. The standard InChI is InChI=1S/C27H29N3/c1-20-8-6-11-24(16-20)27-25-12-4-5-15-30(25)26(29-27)13-7-14-28-19-21-17-22-9-2-3-10-23(22)18-21/h2-6,8-12,15-16,21,28H,7,13-14,17-19H2,1H3. The fourth-order valence-electron chi connectivity index (χ4n) is 4.75. The van der Waals surface area contributed by atoms with Gasteiger partial charge in [-0.25, -0.2) is 4.98 Å². The quantitative estimate of drug-likeness (QED) is 0.433. The monoisotopic (exact) mass is 395 g/mol. The van der Waals surface area contributed by atoms with E-state index in [9.17, 15) is 0 Å². The van der Waals surface area contributed by atoms with Crippen molar-refractivity contribution in [2.75, 3.05) is 13.1 Å². The second-order valence-corrected chi connectivity index (χ2v) is 8.55. The molecule has 0 saturated carbocycles. The van der Waals surface area contributed by atoms with Gasteiger partial charge in [-0.1, -0.05) is 54.1 Å². The van der Waals surface area contributed by atoms with Crippen LogP contribution in [0.1, 0.15) is 28.9 Å². The van der Waals surface area contributed by atoms with Gasteiger partial charge in [-0.15, -0.1) is 0 Å². The molecule has 1 N–H and O–H groups in total. The second kappa shape index (κ2) is 8.45. The van der Waals surface area contributed by atoms with Crippen molar-refractivity contribution in [1.82, 2.24) is 14.7 Å². The lowest BCUT2D eigenvalue weighted by Gasteiger charge is -2.10. The van der Waals surface area contributed by atoms with Gasteiger partial charge in [0.15, 0.2) is 0 Å². The zero-order valence-electron chi connectivity index (χ0n) is 17.6. The first-order chi connectivity index (χ1) is 14.8. The highest BCUT2D eigenvalue weighted by Crippen LogP contribution is 2.27. The largest absolute Gasteiger partial charge is 0.316 e. The van der Waals surface area contributed by atoms with E-state index in [0.29, 0.717) is 0 Å². The molecule has 0 aliphatic heterocycles. The van der Waals surface area contributed by atoms with Crippen LogP contribution in [0.4, 0.5) is 0 Å². The summed E-state index contributed by atoms with van der Waals surface area (Å²) in [7, 11) is 0. The summed E-state index contributed by atoms with van der Waals surface area (Å²) in [6.45, 7) is 4.27. The minimum Gasteiger partial charge on any atom is -0.316 e. The Bertz CT molecular complexity index is 1130. The summed E-state index contributed by atoms with van der Waals surface area (Å²) >= 11 is 0. The van der Waals surface area contributed by atoms with Gasteiger partial charge in [-0.2, -0.15) is 0 Å². The van der Waals surface area contributed by atoms with Crippen LogP contribution in [0.15, 0.2) is 72.9 Å². The molecule has 2 aromatic heterocycles. The highest BCUT2D eigenvalue weighted by Gasteiger charge is 2.20. The van der Waals surface area contributed by atoms with Gasteiger partial charge >= 0.3 is 0 Å². The number of hydrogen-bond donors (Lipinski definition) is 1. The van der Waals surface area contributed by atoms with E-state index in [1.54, 1.807) is 0 Å². The molecule has 0 amide bonds. The molecule has 0 unspecified atom stereocenters. The number of nitrogens with one attached hydrogen (secondary N) is 1. The molecule has 152 valence electrons. The van der Waals surface area contributed by atoms with Gasteiger partial charge in [-0.3, -0.25) is 0 Å². The minimum atomic E-state index is 0.738. The number of hydrogen-bond acceptors (Lipinski definition) is 2. The second-order valence-electron chi connectivity index (χ2n) is 8.55. The average Bonchev–Trinajstić information content (AvgIpc) is 3.35. The number of imidazole rings is 1. The highest BCUT2D eigenvalue weighted by molar-refractivity contribution is 5.78. The first-order valence-electron chi connectivity index (χ1n) is 11.1. The number of aromatic nitrogens is 2. The predicted octanol–water partition coefficient (Wildman–Crippen LogP) is 5.25. The Morgan fingerprint density at radius 2 is 1.77 bits per heavy atom. The van der Waals surface area contributed by atoms with E-state index in [1.807, 2.05) is 0 Å². The molecule has 0 spiro atoms. The SMILES string of the molecule is Cc1cccc(-c2nc(CCCNCC3Cc4ccccc4C3)n3ccccc23)c1. The lowest BCUT2D eigenvalue weighted by Crippen LogP contribution is -2.24. The third kappa shape index (κ3) is 3.90. The average molecular weight is 396 g/mol. The maximum Gasteiger partial charge on any atom is 0.114 e. The predicted molar refractivity (Wildman–Crippen MR) is 124 cm³/mol. The number of rotatable bonds is 7. The van der Waals surface area contributed by atoms with E-state index in [1.165, 1.54) is 40.6 Å². The third-order valence-corrected chi connectivity index (χ3v) is 6.24. The van der Waals surface area contributed by atoms with E-state index in [-0.39, 0.29) is 0 Å². The summed E-state index contributed by atoms with van der Waals surface area (Å²) in [5, 5.41) is 3.69. The fourth-order valence-corrected chi connectivity index (χ4v) is 4.75. The van der Waals surface area contributed by atoms with Gasteiger partial charge in [-0.05, 0) is 74.5 Å². The van der Waals surface area contributed by atoms with Crippen molar-refractivity contribution in [3.05, 3.63) is 95.4 Å². The van der Waals surface area contributed by atoms with Crippen molar-refractivity contribution in [1.29, 1.82) is 0 Å². The van der Waals surface area contributed by atoms with E-state index >= 15 is 0 Å². The van der Waals surface area contributed by atoms with E-state index in [2.05, 4.69) is 89.6 Å². The Morgan fingerprint density at radius 3 is 2.57 bits per heavy atom. The fraction of sp³-hybridized carbons (Fsp3) is 0.296. The zero-order valence-corrected chi connectivity index (χ0v) is 17.6. The zero-order chi connectivity index (χ0) is 20.3. The van der Waals surface area contributed by atoms with Crippen LogP contribution in [0.3, 0.4) is 0 Å². The van der Waals surface area contributed by atoms with Crippen molar-refractivity contribution in [2.24, 2.45) is 5.92 Å². The Balaban J connectivity index is 1.20. The number of aryl methyl sites for hydroxylation is 2. The maximum absolute atomic E-state index is 5.04. The van der Waals surface area contributed by atoms with E-state index in [0.717, 1.165) is 43.4 Å². The minimum absolute atomic E-state index is 0.738. The van der Waals surface area contributed by atoms with E-state index in [4.69, 9.17) is 4.98 Å². The summed E-state index contributed by atoms with van der Waals surface area (Å²) < 4.78 is 2.26. The van der Waals surface area contributed by atoms with Crippen LogP contribution >= 0.6 is 0 Å². The summed E-state index contributed by atoms with van der Waals surface area (Å²) in [6, 6.07) is 23.9. The van der Waals surface area contributed by atoms with Crippen molar-refractivity contribution in [3.8, 4) is 11.3 Å². The van der Waals surface area contributed by atoms with Crippen LogP contribution in [0, 0.1) is 12.8 Å². The lowest BCUT2D eigenvalue weighted by molar-refractivity contribution is 0.492. The van der Waals surface area contributed by atoms with Crippen LogP contribution in [0.5, 0.6) is 0 Å². The number of benzene rings is 2. The summed E-state index contributed by atoms with van der Waals surface area (Å²) in [6.07, 6.45) is 6.65. The first-order valence-corrected chi connectivity index (χ1v) is 11.1. The Morgan fingerprint density at radius 1 is 0.967 bits per heavy atom. The molecule has 3 nitrogen and oxygen atoms in total. The third-order valence-electron chi connectivity index (χ3n) is 6.24. The molecule has 2 aromatic carbocycles. The normalized spacial score (nSPS) is 13.8. The molecule has 1 aliphatic rings. The van der Waals surface area contributed by atoms with Gasteiger partial charge in [0, 0.05) is 18.2 Å². The molecule has 3 heteroatoms. The summed E-state index contributed by atoms with van der Waals surface area (Å²) in [4.78, 5) is 5.04. The topological polar surface area (TPSA) is 29.3 Å². The molecular formula is C27H29N3. The Kier molecular flexibility index (Phi) is 5.37. The van der Waals surface area contributed by atoms with E-state index < -0.39 is 0 Å². The summed E-state index contributed by atoms with van der Waals surface area (Å²) in [5.41, 5.74) is 7.82.